The fourth-order valence-electron chi connectivity index (χ4n) is 1.09. The number of rotatable bonds is 3. The Morgan fingerprint density at radius 1 is 1.33 bits per heavy atom. The molecule has 4 heteroatoms. The molecule has 1 amide bonds. The fourth-order valence-corrected chi connectivity index (χ4v) is 1.49. The molecule has 1 aromatic carbocycles. The van der Waals surface area contributed by atoms with E-state index in [4.69, 9.17) is 5.73 Å². The lowest BCUT2D eigenvalue weighted by Crippen LogP contribution is -2.18. The molecule has 0 saturated heterocycles. The molecule has 0 aromatic heterocycles. The number of benzene rings is 1. The van der Waals surface area contributed by atoms with Crippen LogP contribution in [0.15, 0.2) is 34.3 Å². The van der Waals surface area contributed by atoms with Gasteiger partial charge >= 0.3 is 0 Å². The third kappa shape index (κ3) is 3.02. The standard InChI is InChI=1S/C11H10BrNO2/c1-7(14)9(11(13)15)6-8-4-2-3-5-10(8)12/h2-6H,1H3,(H2,13,15)/b9-6-. The Bertz CT molecular complexity index is 422. The lowest BCUT2D eigenvalue weighted by atomic mass is 10.1. The Hall–Kier alpha value is -1.42. The lowest BCUT2D eigenvalue weighted by molar-refractivity contribution is -0.119. The summed E-state index contributed by atoms with van der Waals surface area (Å²) in [5, 5.41) is 0. The number of nitrogens with two attached hydrogens (primary N) is 1. The van der Waals surface area contributed by atoms with E-state index in [-0.39, 0.29) is 11.4 Å². The number of ketones is 1. The summed E-state index contributed by atoms with van der Waals surface area (Å²) in [6, 6.07) is 7.27. The molecule has 15 heavy (non-hydrogen) atoms. The second kappa shape index (κ2) is 4.89. The van der Waals surface area contributed by atoms with Crippen LogP contribution in [0, 0.1) is 0 Å². The highest BCUT2D eigenvalue weighted by Crippen LogP contribution is 2.19. The first-order chi connectivity index (χ1) is 7.02. The molecule has 0 fully saturated rings. The number of carbonyl (C=O) groups excluding carboxylic acids is 2. The van der Waals surface area contributed by atoms with Gasteiger partial charge in [-0.2, -0.15) is 0 Å². The molecule has 0 aliphatic heterocycles. The molecule has 0 aliphatic carbocycles. The summed E-state index contributed by atoms with van der Waals surface area (Å²) in [6.45, 7) is 1.31. The van der Waals surface area contributed by atoms with Crippen LogP contribution in [-0.4, -0.2) is 11.7 Å². The summed E-state index contributed by atoms with van der Waals surface area (Å²) < 4.78 is 0.810. The first-order valence-electron chi connectivity index (χ1n) is 4.29. The summed E-state index contributed by atoms with van der Waals surface area (Å²) in [4.78, 5) is 22.1. The molecule has 0 atom stereocenters. The van der Waals surface area contributed by atoms with Crippen LogP contribution >= 0.6 is 15.9 Å². The van der Waals surface area contributed by atoms with Crippen molar-refractivity contribution in [2.24, 2.45) is 5.73 Å². The maximum absolute atomic E-state index is 11.1. The minimum Gasteiger partial charge on any atom is -0.365 e. The SMILES string of the molecule is CC(=O)/C(=C/c1ccccc1Br)C(N)=O. The third-order valence-electron chi connectivity index (χ3n) is 1.85. The summed E-state index contributed by atoms with van der Waals surface area (Å²) in [7, 11) is 0. The quantitative estimate of drug-likeness (QED) is 0.517. The van der Waals surface area contributed by atoms with Crippen molar-refractivity contribution in [3.8, 4) is 0 Å². The molecule has 3 nitrogen and oxygen atoms in total. The predicted molar refractivity (Wildman–Crippen MR) is 62.0 cm³/mol. The topological polar surface area (TPSA) is 60.2 Å². The maximum atomic E-state index is 11.1. The zero-order chi connectivity index (χ0) is 11.4. The first kappa shape index (κ1) is 11.7. The minimum absolute atomic E-state index is 0.00176. The molecule has 1 rings (SSSR count). The van der Waals surface area contributed by atoms with Crippen LogP contribution < -0.4 is 5.73 Å². The monoisotopic (exact) mass is 267 g/mol. The number of Topliss-reactive ketones (excluding diaryl/α,β-unsaturated/α-hetero) is 1. The lowest BCUT2D eigenvalue weighted by Gasteiger charge is -2.00. The second-order valence-corrected chi connectivity index (χ2v) is 3.85. The van der Waals surface area contributed by atoms with Gasteiger partial charge in [0, 0.05) is 4.47 Å². The molecule has 0 unspecified atom stereocenters. The fraction of sp³-hybridized carbons (Fsp3) is 0.0909. The van der Waals surface area contributed by atoms with Crippen LogP contribution in [0.3, 0.4) is 0 Å². The minimum atomic E-state index is -0.710. The van der Waals surface area contributed by atoms with Crippen LogP contribution in [0.1, 0.15) is 12.5 Å². The van der Waals surface area contributed by atoms with Gasteiger partial charge in [0.2, 0.25) is 0 Å². The Kier molecular flexibility index (Phi) is 3.80. The molecule has 0 saturated carbocycles. The molecular weight excluding hydrogens is 258 g/mol. The van der Waals surface area contributed by atoms with Crippen molar-refractivity contribution in [3.05, 3.63) is 39.9 Å². The molecule has 1 aromatic rings. The Labute approximate surface area is 96.1 Å². The maximum Gasteiger partial charge on any atom is 0.252 e. The van der Waals surface area contributed by atoms with E-state index in [1.807, 2.05) is 18.2 Å². The number of amides is 1. The normalized spacial score (nSPS) is 11.2. The van der Waals surface area contributed by atoms with E-state index in [1.54, 1.807) is 6.07 Å². The van der Waals surface area contributed by atoms with Crippen LogP contribution in [0.2, 0.25) is 0 Å². The van der Waals surface area contributed by atoms with E-state index in [9.17, 15) is 9.59 Å². The van der Waals surface area contributed by atoms with Crippen molar-refractivity contribution in [3.63, 3.8) is 0 Å². The van der Waals surface area contributed by atoms with E-state index in [2.05, 4.69) is 15.9 Å². The van der Waals surface area contributed by atoms with Gasteiger partial charge in [0.05, 0.1) is 5.57 Å². The molecule has 0 radical (unpaired) electrons. The van der Waals surface area contributed by atoms with Crippen molar-refractivity contribution in [1.82, 2.24) is 0 Å². The second-order valence-electron chi connectivity index (χ2n) is 3.00. The van der Waals surface area contributed by atoms with Crippen LogP contribution in [0.4, 0.5) is 0 Å². The van der Waals surface area contributed by atoms with Crippen LogP contribution in [0.25, 0.3) is 6.08 Å². The van der Waals surface area contributed by atoms with Crippen molar-refractivity contribution < 1.29 is 9.59 Å². The van der Waals surface area contributed by atoms with Gasteiger partial charge in [-0.1, -0.05) is 34.1 Å². The Morgan fingerprint density at radius 3 is 2.40 bits per heavy atom. The van der Waals surface area contributed by atoms with E-state index < -0.39 is 5.91 Å². The molecule has 0 bridgehead atoms. The van der Waals surface area contributed by atoms with E-state index >= 15 is 0 Å². The zero-order valence-corrected chi connectivity index (χ0v) is 9.74. The number of primary amides is 1. The van der Waals surface area contributed by atoms with Gasteiger partial charge in [-0.05, 0) is 24.6 Å². The highest BCUT2D eigenvalue weighted by Gasteiger charge is 2.10. The largest absolute Gasteiger partial charge is 0.365 e. The predicted octanol–water partition coefficient (Wildman–Crippen LogP) is 1.91. The number of hydrogen-bond acceptors (Lipinski definition) is 2. The smallest absolute Gasteiger partial charge is 0.252 e. The van der Waals surface area contributed by atoms with E-state index in [1.165, 1.54) is 13.0 Å². The van der Waals surface area contributed by atoms with Crippen LogP contribution in [-0.2, 0) is 9.59 Å². The number of halogens is 1. The highest BCUT2D eigenvalue weighted by atomic mass is 79.9. The van der Waals surface area contributed by atoms with Gasteiger partial charge in [-0.3, -0.25) is 9.59 Å². The van der Waals surface area contributed by atoms with Gasteiger partial charge in [-0.25, -0.2) is 0 Å². The number of hydrogen-bond donors (Lipinski definition) is 1. The zero-order valence-electron chi connectivity index (χ0n) is 8.16. The molecular formula is C11H10BrNO2. The van der Waals surface area contributed by atoms with Gasteiger partial charge in [0.25, 0.3) is 5.91 Å². The van der Waals surface area contributed by atoms with Gasteiger partial charge < -0.3 is 5.73 Å². The summed E-state index contributed by atoms with van der Waals surface area (Å²) in [5.41, 5.74) is 5.85. The Balaban J connectivity index is 3.19. The van der Waals surface area contributed by atoms with Gasteiger partial charge in [0.1, 0.15) is 0 Å². The summed E-state index contributed by atoms with van der Waals surface area (Å²) in [5.74, 6) is -1.04. The van der Waals surface area contributed by atoms with Crippen molar-refractivity contribution >= 4 is 33.7 Å². The van der Waals surface area contributed by atoms with Crippen molar-refractivity contribution in [2.45, 2.75) is 6.92 Å². The average Bonchev–Trinajstić information content (AvgIpc) is 2.15. The summed E-state index contributed by atoms with van der Waals surface area (Å²) >= 11 is 3.32. The highest BCUT2D eigenvalue weighted by molar-refractivity contribution is 9.10. The molecule has 0 spiro atoms. The van der Waals surface area contributed by atoms with E-state index in [0.29, 0.717) is 0 Å². The number of carbonyl (C=O) groups is 2. The van der Waals surface area contributed by atoms with Crippen molar-refractivity contribution in [1.29, 1.82) is 0 Å². The average molecular weight is 268 g/mol. The summed E-state index contributed by atoms with van der Waals surface area (Å²) in [6.07, 6.45) is 1.48. The van der Waals surface area contributed by atoms with E-state index in [0.717, 1.165) is 10.0 Å². The van der Waals surface area contributed by atoms with Gasteiger partial charge in [-0.15, -0.1) is 0 Å². The molecule has 78 valence electrons. The molecule has 0 aliphatic rings. The van der Waals surface area contributed by atoms with Gasteiger partial charge in [0.15, 0.2) is 5.78 Å². The Morgan fingerprint density at radius 2 is 1.93 bits per heavy atom. The van der Waals surface area contributed by atoms with Crippen molar-refractivity contribution in [2.75, 3.05) is 0 Å². The first-order valence-corrected chi connectivity index (χ1v) is 5.08. The molecule has 0 heterocycles. The molecule has 2 N–H and O–H groups in total. The third-order valence-corrected chi connectivity index (χ3v) is 2.57. The van der Waals surface area contributed by atoms with Crippen LogP contribution in [0.5, 0.6) is 0 Å².